The number of ketones is 1. The lowest BCUT2D eigenvalue weighted by atomic mass is 10.0. The van der Waals surface area contributed by atoms with E-state index in [9.17, 15) is 9.59 Å². The Kier molecular flexibility index (Phi) is 6.67. The molecule has 0 spiro atoms. The molecule has 0 amide bonds. The minimum Gasteiger partial charge on any atom is -0.294 e. The molecule has 1 aliphatic carbocycles. The van der Waals surface area contributed by atoms with Crippen LogP contribution >= 0.6 is 11.8 Å². The van der Waals surface area contributed by atoms with E-state index < -0.39 is 0 Å². The van der Waals surface area contributed by atoms with Crippen molar-refractivity contribution < 1.29 is 9.59 Å². The first-order valence-electron chi connectivity index (χ1n) is 9.64. The van der Waals surface area contributed by atoms with Gasteiger partial charge in [-0.3, -0.25) is 9.59 Å². The fourth-order valence-electron chi connectivity index (χ4n) is 3.41. The third-order valence-corrected chi connectivity index (χ3v) is 5.87. The molecule has 0 saturated heterocycles. The summed E-state index contributed by atoms with van der Waals surface area (Å²) in [7, 11) is 0. The summed E-state index contributed by atoms with van der Waals surface area (Å²) in [6.07, 6.45) is 8.02. The maximum absolute atomic E-state index is 12.1. The highest BCUT2D eigenvalue weighted by Gasteiger charge is 2.19. The number of fused-ring (bicyclic) bond motifs is 1. The number of hydrogen-bond acceptors (Lipinski definition) is 3. The minimum atomic E-state index is 0.255. The predicted octanol–water partition coefficient (Wildman–Crippen LogP) is 6.46. The first kappa shape index (κ1) is 18.9. The van der Waals surface area contributed by atoms with Crippen LogP contribution in [0.25, 0.3) is 11.1 Å². The quantitative estimate of drug-likeness (QED) is 0.397. The third kappa shape index (κ3) is 4.85. The molecule has 0 heterocycles. The van der Waals surface area contributed by atoms with Gasteiger partial charge in [-0.15, -0.1) is 0 Å². The fraction of sp³-hybridized carbons (Fsp3) is 0.391. The van der Waals surface area contributed by atoms with Gasteiger partial charge in [0.15, 0.2) is 10.9 Å². The first-order valence-corrected chi connectivity index (χ1v) is 10.5. The summed E-state index contributed by atoms with van der Waals surface area (Å²) >= 11 is 1.35. The first-order chi connectivity index (χ1) is 12.7. The minimum absolute atomic E-state index is 0.255. The standard InChI is InChI=1S/C23H26O2S/c1-2-3-4-5-6-7-23(25)26-20-12-8-17(9-13-20)18-10-14-21-19(16-18)11-15-22(21)24/h8-10,12-14,16H,2-7,11,15H2,1H3. The molecule has 0 bridgehead atoms. The summed E-state index contributed by atoms with van der Waals surface area (Å²) in [6, 6.07) is 14.3. The number of Topliss-reactive ketones (excluding diaryl/α,β-unsaturated/α-hetero) is 1. The van der Waals surface area contributed by atoms with Crippen molar-refractivity contribution in [2.75, 3.05) is 0 Å². The maximum atomic E-state index is 12.1. The number of hydrogen-bond donors (Lipinski definition) is 0. The van der Waals surface area contributed by atoms with Crippen LogP contribution < -0.4 is 0 Å². The Labute approximate surface area is 160 Å². The molecule has 0 N–H and O–H groups in total. The zero-order chi connectivity index (χ0) is 18.4. The highest BCUT2D eigenvalue weighted by Crippen LogP contribution is 2.30. The van der Waals surface area contributed by atoms with E-state index in [0.717, 1.165) is 46.4 Å². The topological polar surface area (TPSA) is 34.1 Å². The lowest BCUT2D eigenvalue weighted by molar-refractivity contribution is -0.111. The van der Waals surface area contributed by atoms with Crippen molar-refractivity contribution in [1.29, 1.82) is 0 Å². The van der Waals surface area contributed by atoms with Gasteiger partial charge in [0.05, 0.1) is 0 Å². The van der Waals surface area contributed by atoms with E-state index in [0.29, 0.717) is 12.8 Å². The van der Waals surface area contributed by atoms with Crippen LogP contribution in [0, 0.1) is 0 Å². The van der Waals surface area contributed by atoms with Crippen molar-refractivity contribution in [2.45, 2.75) is 63.2 Å². The maximum Gasteiger partial charge on any atom is 0.193 e. The summed E-state index contributed by atoms with van der Waals surface area (Å²) in [6.45, 7) is 2.20. The number of benzene rings is 2. The molecule has 0 radical (unpaired) electrons. The highest BCUT2D eigenvalue weighted by molar-refractivity contribution is 8.13. The summed E-state index contributed by atoms with van der Waals surface area (Å²) < 4.78 is 0. The molecule has 136 valence electrons. The van der Waals surface area contributed by atoms with E-state index in [1.165, 1.54) is 31.0 Å². The van der Waals surface area contributed by atoms with Crippen molar-refractivity contribution in [3.05, 3.63) is 53.6 Å². The van der Waals surface area contributed by atoms with Crippen LogP contribution in [0.3, 0.4) is 0 Å². The lowest BCUT2D eigenvalue weighted by Crippen LogP contribution is -1.92. The second-order valence-electron chi connectivity index (χ2n) is 6.96. The van der Waals surface area contributed by atoms with E-state index in [4.69, 9.17) is 0 Å². The Morgan fingerprint density at radius 3 is 2.42 bits per heavy atom. The molecule has 1 aliphatic rings. The van der Waals surface area contributed by atoms with Gasteiger partial charge in [-0.1, -0.05) is 74.7 Å². The Morgan fingerprint density at radius 1 is 0.923 bits per heavy atom. The van der Waals surface area contributed by atoms with Gasteiger partial charge in [-0.2, -0.15) is 0 Å². The van der Waals surface area contributed by atoms with Crippen LogP contribution in [-0.4, -0.2) is 10.9 Å². The molecule has 0 aliphatic heterocycles. The molecule has 0 aromatic heterocycles. The molecule has 2 aromatic rings. The van der Waals surface area contributed by atoms with E-state index >= 15 is 0 Å². The van der Waals surface area contributed by atoms with E-state index in [-0.39, 0.29) is 10.9 Å². The van der Waals surface area contributed by atoms with E-state index in [1.807, 2.05) is 24.3 Å². The molecular weight excluding hydrogens is 340 g/mol. The smallest absolute Gasteiger partial charge is 0.193 e. The van der Waals surface area contributed by atoms with Crippen LogP contribution in [0.1, 0.15) is 67.8 Å². The second kappa shape index (κ2) is 9.18. The third-order valence-electron chi connectivity index (χ3n) is 4.93. The van der Waals surface area contributed by atoms with Crippen molar-refractivity contribution in [3.8, 4) is 11.1 Å². The summed E-state index contributed by atoms with van der Waals surface area (Å²) in [4.78, 5) is 24.8. The van der Waals surface area contributed by atoms with E-state index in [2.05, 4.69) is 25.1 Å². The van der Waals surface area contributed by atoms with Crippen molar-refractivity contribution in [2.24, 2.45) is 0 Å². The Balaban J connectivity index is 1.55. The number of aryl methyl sites for hydroxylation is 1. The van der Waals surface area contributed by atoms with Gasteiger partial charge in [-0.25, -0.2) is 0 Å². The van der Waals surface area contributed by atoms with Crippen molar-refractivity contribution in [1.82, 2.24) is 0 Å². The molecule has 2 aromatic carbocycles. The molecule has 3 heteroatoms. The highest BCUT2D eigenvalue weighted by atomic mass is 32.2. The van der Waals surface area contributed by atoms with Crippen LogP contribution in [0.15, 0.2) is 47.4 Å². The summed E-state index contributed by atoms with van der Waals surface area (Å²) in [5.74, 6) is 0.256. The van der Waals surface area contributed by atoms with Crippen molar-refractivity contribution >= 4 is 22.7 Å². The molecular formula is C23H26O2S. The van der Waals surface area contributed by atoms with Crippen LogP contribution in [0.2, 0.25) is 0 Å². The number of unbranched alkanes of at least 4 members (excludes halogenated alkanes) is 4. The lowest BCUT2D eigenvalue weighted by Gasteiger charge is -2.06. The van der Waals surface area contributed by atoms with Gasteiger partial charge in [0.2, 0.25) is 0 Å². The zero-order valence-corrected chi connectivity index (χ0v) is 16.2. The largest absolute Gasteiger partial charge is 0.294 e. The van der Waals surface area contributed by atoms with Gasteiger partial charge in [0.1, 0.15) is 0 Å². The molecule has 2 nitrogen and oxygen atoms in total. The van der Waals surface area contributed by atoms with Crippen molar-refractivity contribution in [3.63, 3.8) is 0 Å². The van der Waals surface area contributed by atoms with Crippen LogP contribution in [0.5, 0.6) is 0 Å². The predicted molar refractivity (Wildman–Crippen MR) is 109 cm³/mol. The fourth-order valence-corrected chi connectivity index (χ4v) is 4.19. The Hall–Kier alpha value is -1.87. The van der Waals surface area contributed by atoms with Gasteiger partial charge in [0, 0.05) is 23.3 Å². The SMILES string of the molecule is CCCCCCCC(=O)Sc1ccc(-c2ccc3c(c2)CCC3=O)cc1. The number of rotatable bonds is 8. The van der Waals surface area contributed by atoms with Crippen LogP contribution in [0.4, 0.5) is 0 Å². The molecule has 3 rings (SSSR count). The van der Waals surface area contributed by atoms with Gasteiger partial charge in [0.25, 0.3) is 0 Å². The zero-order valence-electron chi connectivity index (χ0n) is 15.4. The molecule has 0 unspecified atom stereocenters. The normalized spacial score (nSPS) is 13.0. The summed E-state index contributed by atoms with van der Waals surface area (Å²) in [5, 5.41) is 0.255. The van der Waals surface area contributed by atoms with E-state index in [1.54, 1.807) is 0 Å². The molecule has 0 saturated carbocycles. The number of thioether (sulfide) groups is 1. The summed E-state index contributed by atoms with van der Waals surface area (Å²) in [5.41, 5.74) is 4.30. The number of carbonyl (C=O) groups is 2. The molecule has 0 fully saturated rings. The molecule has 0 atom stereocenters. The molecule has 26 heavy (non-hydrogen) atoms. The van der Waals surface area contributed by atoms with Gasteiger partial charge < -0.3 is 0 Å². The average molecular weight is 367 g/mol. The second-order valence-corrected chi connectivity index (χ2v) is 8.09. The Bertz CT molecular complexity index is 777. The van der Waals surface area contributed by atoms with Gasteiger partial charge in [-0.05, 0) is 41.7 Å². The number of carbonyl (C=O) groups excluding carboxylic acids is 2. The average Bonchev–Trinajstić information content (AvgIpc) is 3.02. The van der Waals surface area contributed by atoms with Crippen LogP contribution in [-0.2, 0) is 11.2 Å². The van der Waals surface area contributed by atoms with Gasteiger partial charge >= 0.3 is 0 Å². The Morgan fingerprint density at radius 2 is 1.65 bits per heavy atom. The monoisotopic (exact) mass is 366 g/mol.